The minimum Gasteiger partial charge on any atom is -0.379 e. The van der Waals surface area contributed by atoms with Crippen molar-refractivity contribution >= 4 is 29.2 Å². The van der Waals surface area contributed by atoms with Crippen LogP contribution in [0.4, 0.5) is 0 Å². The van der Waals surface area contributed by atoms with Crippen molar-refractivity contribution < 1.29 is 13.9 Å². The molecule has 4 rings (SSSR count). The summed E-state index contributed by atoms with van der Waals surface area (Å²) in [6.07, 6.45) is 0.0350. The summed E-state index contributed by atoms with van der Waals surface area (Å²) in [6, 6.07) is 6.24. The quantitative estimate of drug-likeness (QED) is 0.638. The molecule has 0 aromatic carbocycles. The minimum absolute atomic E-state index is 0.759. The van der Waals surface area contributed by atoms with E-state index in [1.807, 2.05) is 0 Å². The number of ether oxygens (including phenoxy) is 2. The molecule has 2 aliphatic rings. The highest BCUT2D eigenvalue weighted by molar-refractivity contribution is 8.15. The Kier molecular flexibility index (Phi) is 4.73. The predicted molar refractivity (Wildman–Crippen MR) is 97.4 cm³/mol. The summed E-state index contributed by atoms with van der Waals surface area (Å²) in [4.78, 5) is 3.52. The average Bonchev–Trinajstić information content (AvgIpc) is 2.99. The van der Waals surface area contributed by atoms with Crippen molar-refractivity contribution in [1.29, 1.82) is 0 Å². The van der Waals surface area contributed by atoms with Crippen molar-refractivity contribution in [2.75, 3.05) is 52.6 Å². The van der Waals surface area contributed by atoms with E-state index in [1.165, 1.54) is 11.1 Å². The van der Waals surface area contributed by atoms with Gasteiger partial charge in [-0.15, -0.1) is 0 Å². The van der Waals surface area contributed by atoms with E-state index in [9.17, 15) is 0 Å². The molecule has 4 heterocycles. The zero-order valence-corrected chi connectivity index (χ0v) is 15.7. The van der Waals surface area contributed by atoms with E-state index in [-0.39, 0.29) is 0 Å². The number of H-pyrrole nitrogens is 1. The highest BCUT2D eigenvalue weighted by Gasteiger charge is 2.42. The van der Waals surface area contributed by atoms with E-state index in [0.29, 0.717) is 0 Å². The third-order valence-electron chi connectivity index (χ3n) is 4.76. The zero-order valence-electron chi connectivity index (χ0n) is 14.0. The van der Waals surface area contributed by atoms with Gasteiger partial charge in [0.05, 0.1) is 32.6 Å². The molecule has 0 unspecified atom stereocenters. The number of pyridine rings is 1. The lowest BCUT2D eigenvalue weighted by Gasteiger charge is -2.43. The van der Waals surface area contributed by atoms with Crippen LogP contribution in [0.1, 0.15) is 5.69 Å². The van der Waals surface area contributed by atoms with Crippen LogP contribution in [0.2, 0.25) is 0 Å². The summed E-state index contributed by atoms with van der Waals surface area (Å²) < 4.78 is 18.4. The molecule has 0 amide bonds. The second-order valence-corrected chi connectivity index (χ2v) is 10.4. The molecule has 2 saturated heterocycles. The Morgan fingerprint density at radius 2 is 1.62 bits per heavy atom. The van der Waals surface area contributed by atoms with Crippen LogP contribution in [0.5, 0.6) is 0 Å². The van der Waals surface area contributed by atoms with Gasteiger partial charge in [0, 0.05) is 39.2 Å². The van der Waals surface area contributed by atoms with Gasteiger partial charge in [-0.1, -0.05) is 17.9 Å². The lowest BCUT2D eigenvalue weighted by molar-refractivity contribution is -0.490. The Hall–Kier alpha value is -0.820. The van der Waals surface area contributed by atoms with Gasteiger partial charge in [-0.05, 0) is 6.07 Å². The molecular formula is C16H24N4O2PS+. The topological polar surface area (TPSA) is 44.8 Å². The lowest BCUT2D eigenvalue weighted by Crippen LogP contribution is -2.51. The number of nitrogens with zero attached hydrogens (tertiary/aromatic N) is 3. The maximum atomic E-state index is 6.49. The van der Waals surface area contributed by atoms with Crippen LogP contribution >= 0.6 is 6.34 Å². The van der Waals surface area contributed by atoms with Gasteiger partial charge in [0.25, 0.3) is 5.65 Å². The normalized spacial score (nSPS) is 21.4. The molecule has 0 aliphatic carbocycles. The van der Waals surface area contributed by atoms with Crippen molar-refractivity contribution in [3.8, 4) is 0 Å². The molecule has 8 heteroatoms. The molecule has 0 radical (unpaired) electrons. The van der Waals surface area contributed by atoms with Crippen molar-refractivity contribution in [1.82, 2.24) is 14.3 Å². The summed E-state index contributed by atoms with van der Waals surface area (Å²) >= 11 is 6.49. The molecule has 0 atom stereocenters. The van der Waals surface area contributed by atoms with E-state index in [0.717, 1.165) is 58.3 Å². The van der Waals surface area contributed by atoms with E-state index >= 15 is 0 Å². The van der Waals surface area contributed by atoms with Crippen molar-refractivity contribution in [3.63, 3.8) is 0 Å². The average molecular weight is 367 g/mol. The predicted octanol–water partition coefficient (Wildman–Crippen LogP) is 0.661. The fourth-order valence-corrected chi connectivity index (χ4v) is 8.52. The molecule has 0 spiro atoms. The molecule has 0 bridgehead atoms. The van der Waals surface area contributed by atoms with Gasteiger partial charge in [0.1, 0.15) is 5.69 Å². The van der Waals surface area contributed by atoms with Gasteiger partial charge < -0.3 is 9.47 Å². The molecule has 2 aromatic heterocycles. The first-order valence-electron chi connectivity index (χ1n) is 8.47. The number of fused-ring (bicyclic) bond motifs is 1. The molecule has 6 nitrogen and oxygen atoms in total. The van der Waals surface area contributed by atoms with Crippen molar-refractivity contribution in [2.45, 2.75) is 6.92 Å². The number of hydrogen-bond acceptors (Lipinski definition) is 3. The highest BCUT2D eigenvalue weighted by Crippen LogP contribution is 2.52. The Morgan fingerprint density at radius 1 is 1.04 bits per heavy atom. The van der Waals surface area contributed by atoms with Gasteiger partial charge in [-0.2, -0.15) is 4.40 Å². The first-order valence-corrected chi connectivity index (χ1v) is 11.2. The highest BCUT2D eigenvalue weighted by atomic mass is 32.4. The van der Waals surface area contributed by atoms with Crippen LogP contribution in [-0.4, -0.2) is 66.9 Å². The standard InChI is InChI=1S/C16H23N4O2PS/c1-14-16(20-5-3-2-4-15(20)17-14)23(24,18-6-10-21-11-7-18)19-8-12-22-13-9-19/h2-5H,6-13H2,1H3/p+1. The molecule has 0 saturated carbocycles. The Bertz CT molecular complexity index is 747. The number of aromatic nitrogens is 2. The van der Waals surface area contributed by atoms with Gasteiger partial charge in [-0.3, -0.25) is 9.34 Å². The molecule has 24 heavy (non-hydrogen) atoms. The van der Waals surface area contributed by atoms with Crippen LogP contribution in [0.25, 0.3) is 5.65 Å². The van der Waals surface area contributed by atoms with Crippen LogP contribution in [-0.2, 0) is 21.3 Å². The van der Waals surface area contributed by atoms with E-state index in [4.69, 9.17) is 21.3 Å². The number of aromatic amines is 1. The van der Waals surface area contributed by atoms with Crippen LogP contribution < -0.4 is 9.84 Å². The summed E-state index contributed by atoms with van der Waals surface area (Å²) in [5, 5.41) is 0. The fraction of sp³-hybridized carbons (Fsp3) is 0.562. The van der Waals surface area contributed by atoms with Crippen molar-refractivity contribution in [3.05, 3.63) is 30.1 Å². The van der Waals surface area contributed by atoms with Crippen LogP contribution in [0.3, 0.4) is 0 Å². The summed E-state index contributed by atoms with van der Waals surface area (Å²) in [7, 11) is 0. The fourth-order valence-electron chi connectivity index (χ4n) is 3.61. The molecular weight excluding hydrogens is 343 g/mol. The Labute approximate surface area is 147 Å². The third-order valence-corrected chi connectivity index (χ3v) is 10.1. The number of hydrogen-bond donors (Lipinski definition) is 1. The van der Waals surface area contributed by atoms with Crippen LogP contribution in [0, 0.1) is 6.92 Å². The molecule has 1 N–H and O–H groups in total. The lowest BCUT2D eigenvalue weighted by atomic mass is 10.5. The Balaban J connectivity index is 1.87. The first-order chi connectivity index (χ1) is 11.7. The van der Waals surface area contributed by atoms with E-state index in [1.54, 1.807) is 0 Å². The molecule has 2 aromatic rings. The third kappa shape index (κ3) is 2.73. The molecule has 130 valence electrons. The summed E-state index contributed by atoms with van der Waals surface area (Å²) in [5.41, 5.74) is 3.51. The van der Waals surface area contributed by atoms with Crippen molar-refractivity contribution in [2.24, 2.45) is 0 Å². The first kappa shape index (κ1) is 16.6. The number of imidazole rings is 1. The van der Waals surface area contributed by atoms with Gasteiger partial charge >= 0.3 is 0 Å². The minimum atomic E-state index is -2.09. The van der Waals surface area contributed by atoms with Crippen LogP contribution in [0.15, 0.2) is 24.4 Å². The maximum absolute atomic E-state index is 6.49. The number of morpholine rings is 2. The monoisotopic (exact) mass is 367 g/mol. The Morgan fingerprint density at radius 3 is 2.21 bits per heavy atom. The van der Waals surface area contributed by atoms with Gasteiger partial charge in [-0.25, -0.2) is 4.98 Å². The van der Waals surface area contributed by atoms with E-state index < -0.39 is 6.34 Å². The molecule has 2 fully saturated rings. The molecule has 2 aliphatic heterocycles. The summed E-state index contributed by atoms with van der Waals surface area (Å²) in [5.74, 6) is 0. The SMILES string of the molecule is Cc1[nH]c2cccc[n+]2c1P(=S)(N1CCOCC1)N1CCOCC1. The van der Waals surface area contributed by atoms with Gasteiger partial charge in [0.2, 0.25) is 5.44 Å². The number of aryl methyl sites for hydroxylation is 1. The van der Waals surface area contributed by atoms with E-state index in [2.05, 4.69) is 50.0 Å². The second kappa shape index (κ2) is 6.83. The van der Waals surface area contributed by atoms with Gasteiger partial charge in [0.15, 0.2) is 6.34 Å². The maximum Gasteiger partial charge on any atom is 0.284 e. The summed E-state index contributed by atoms with van der Waals surface area (Å²) in [6.45, 7) is 8.77. The number of rotatable bonds is 3. The largest absolute Gasteiger partial charge is 0.379 e. The second-order valence-electron chi connectivity index (χ2n) is 6.21. The zero-order chi connectivity index (χ0) is 16.6. The number of nitrogens with one attached hydrogen (secondary N) is 1. The smallest absolute Gasteiger partial charge is 0.284 e.